The van der Waals surface area contributed by atoms with Gasteiger partial charge in [0.1, 0.15) is 0 Å². The average molecular weight is 272 g/mol. The zero-order chi connectivity index (χ0) is 14.7. The monoisotopic (exact) mass is 272 g/mol. The Bertz CT molecular complexity index is 739. The van der Waals surface area contributed by atoms with E-state index in [1.165, 1.54) is 18.7 Å². The summed E-state index contributed by atoms with van der Waals surface area (Å²) in [6, 6.07) is 7.68. The number of nitrogens with zero attached hydrogens (tertiary/aromatic N) is 1. The first-order valence-corrected chi connectivity index (χ1v) is 6.44. The van der Waals surface area contributed by atoms with E-state index in [0.717, 1.165) is 16.6 Å². The van der Waals surface area contributed by atoms with Gasteiger partial charge in [0.2, 0.25) is 0 Å². The molecule has 5 heteroatoms. The molecule has 1 aromatic heterocycles. The molecule has 1 heterocycles. The van der Waals surface area contributed by atoms with Crippen LogP contribution in [0.15, 0.2) is 40.1 Å². The van der Waals surface area contributed by atoms with Gasteiger partial charge in [0.25, 0.3) is 5.56 Å². The van der Waals surface area contributed by atoms with Gasteiger partial charge < -0.3 is 4.98 Å². The number of aromatic nitrogens is 2. The number of ketones is 1. The highest BCUT2D eigenvalue weighted by atomic mass is 16.2. The lowest BCUT2D eigenvalue weighted by Crippen LogP contribution is -2.37. The zero-order valence-electron chi connectivity index (χ0n) is 11.5. The van der Waals surface area contributed by atoms with Crippen molar-refractivity contribution in [3.63, 3.8) is 0 Å². The van der Waals surface area contributed by atoms with Crippen LogP contribution < -0.4 is 11.2 Å². The van der Waals surface area contributed by atoms with Crippen molar-refractivity contribution in [1.29, 1.82) is 0 Å². The second-order valence-electron chi connectivity index (χ2n) is 4.63. The van der Waals surface area contributed by atoms with E-state index in [9.17, 15) is 14.4 Å². The largest absolute Gasteiger partial charge is 0.328 e. The van der Waals surface area contributed by atoms with E-state index in [1.54, 1.807) is 0 Å². The predicted molar refractivity (Wildman–Crippen MR) is 76.2 cm³/mol. The normalized spacial score (nSPS) is 10.5. The fourth-order valence-corrected chi connectivity index (χ4v) is 1.97. The Morgan fingerprint density at radius 2 is 1.75 bits per heavy atom. The van der Waals surface area contributed by atoms with Crippen molar-refractivity contribution in [2.75, 3.05) is 0 Å². The summed E-state index contributed by atoms with van der Waals surface area (Å²) < 4.78 is 1.04. The third-order valence-electron chi connectivity index (χ3n) is 3.21. The minimum Gasteiger partial charge on any atom is -0.313 e. The molecule has 0 saturated heterocycles. The standard InChI is InChI=1S/C15H16N2O3/c1-3-11-4-6-12(7-5-11)9-17-14(19)13(10(2)18)8-16-15(17)20/h4-8H,3,9H2,1-2H3,(H,16,20). The molecule has 0 saturated carbocycles. The fraction of sp³-hybridized carbons (Fsp3) is 0.267. The Kier molecular flexibility index (Phi) is 3.98. The molecule has 0 spiro atoms. The number of rotatable bonds is 4. The van der Waals surface area contributed by atoms with Crippen molar-refractivity contribution in [1.82, 2.24) is 9.55 Å². The molecule has 20 heavy (non-hydrogen) atoms. The molecule has 104 valence electrons. The lowest BCUT2D eigenvalue weighted by Gasteiger charge is -2.06. The molecule has 2 aromatic rings. The number of aryl methyl sites for hydroxylation is 1. The van der Waals surface area contributed by atoms with Crippen LogP contribution in [0.2, 0.25) is 0 Å². The Labute approximate surface area is 115 Å². The summed E-state index contributed by atoms with van der Waals surface area (Å²) in [5.41, 5.74) is 0.957. The minimum atomic E-state index is -0.555. The maximum atomic E-state index is 12.1. The van der Waals surface area contributed by atoms with Crippen molar-refractivity contribution >= 4 is 5.78 Å². The van der Waals surface area contributed by atoms with Gasteiger partial charge in [-0.05, 0) is 24.5 Å². The molecule has 0 amide bonds. The summed E-state index contributed by atoms with van der Waals surface area (Å²) in [6.07, 6.45) is 2.10. The topological polar surface area (TPSA) is 71.9 Å². The molecule has 0 bridgehead atoms. The van der Waals surface area contributed by atoms with Crippen LogP contribution in [0.4, 0.5) is 0 Å². The SMILES string of the molecule is CCc1ccc(Cn2c(=O)[nH]cc(C(C)=O)c2=O)cc1. The lowest BCUT2D eigenvalue weighted by atomic mass is 10.1. The molecule has 0 radical (unpaired) electrons. The smallest absolute Gasteiger partial charge is 0.313 e. The molecule has 2 rings (SSSR count). The van der Waals surface area contributed by atoms with Crippen LogP contribution in [0.25, 0.3) is 0 Å². The van der Waals surface area contributed by atoms with E-state index >= 15 is 0 Å². The molecule has 0 aliphatic rings. The van der Waals surface area contributed by atoms with Crippen LogP contribution in [-0.4, -0.2) is 15.3 Å². The molecule has 0 aliphatic heterocycles. The van der Waals surface area contributed by atoms with E-state index in [1.807, 2.05) is 24.3 Å². The molecule has 1 aromatic carbocycles. The molecular formula is C15H16N2O3. The van der Waals surface area contributed by atoms with Gasteiger partial charge in [-0.3, -0.25) is 14.2 Å². The molecule has 0 atom stereocenters. The number of H-pyrrole nitrogens is 1. The number of benzene rings is 1. The van der Waals surface area contributed by atoms with Crippen molar-refractivity contribution in [2.45, 2.75) is 26.8 Å². The summed E-state index contributed by atoms with van der Waals surface area (Å²) in [4.78, 5) is 37.6. The first-order valence-electron chi connectivity index (χ1n) is 6.44. The molecule has 0 aliphatic carbocycles. The van der Waals surface area contributed by atoms with Gasteiger partial charge in [-0.1, -0.05) is 31.2 Å². The van der Waals surface area contributed by atoms with E-state index < -0.39 is 11.2 Å². The van der Waals surface area contributed by atoms with Crippen LogP contribution >= 0.6 is 0 Å². The highest BCUT2D eigenvalue weighted by Gasteiger charge is 2.11. The quantitative estimate of drug-likeness (QED) is 0.854. The minimum absolute atomic E-state index is 0.00483. The number of hydrogen-bond acceptors (Lipinski definition) is 3. The van der Waals surface area contributed by atoms with E-state index in [2.05, 4.69) is 11.9 Å². The number of carbonyl (C=O) groups excluding carboxylic acids is 1. The van der Waals surface area contributed by atoms with Crippen molar-refractivity contribution in [3.8, 4) is 0 Å². The van der Waals surface area contributed by atoms with Gasteiger partial charge in [0, 0.05) is 6.20 Å². The van der Waals surface area contributed by atoms with Gasteiger partial charge >= 0.3 is 5.69 Å². The maximum absolute atomic E-state index is 12.1. The van der Waals surface area contributed by atoms with Crippen LogP contribution in [0.3, 0.4) is 0 Å². The molecule has 1 N–H and O–H groups in total. The summed E-state index contributed by atoms with van der Waals surface area (Å²) in [7, 11) is 0. The molecule has 0 fully saturated rings. The number of carbonyl (C=O) groups is 1. The third-order valence-corrected chi connectivity index (χ3v) is 3.21. The van der Waals surface area contributed by atoms with Gasteiger partial charge in [-0.15, -0.1) is 0 Å². The average Bonchev–Trinajstić information content (AvgIpc) is 2.43. The highest BCUT2D eigenvalue weighted by Crippen LogP contribution is 2.05. The number of hydrogen-bond donors (Lipinski definition) is 1. The van der Waals surface area contributed by atoms with E-state index in [4.69, 9.17) is 0 Å². The van der Waals surface area contributed by atoms with E-state index in [0.29, 0.717) is 0 Å². The number of Topliss-reactive ketones (excluding diaryl/α,β-unsaturated/α-hetero) is 1. The Morgan fingerprint density at radius 3 is 2.30 bits per heavy atom. The predicted octanol–water partition coefficient (Wildman–Crippen LogP) is 1.35. The zero-order valence-corrected chi connectivity index (χ0v) is 11.5. The second kappa shape index (κ2) is 5.69. The van der Waals surface area contributed by atoms with Gasteiger partial charge in [-0.25, -0.2) is 4.79 Å². The van der Waals surface area contributed by atoms with Gasteiger partial charge in [0.15, 0.2) is 5.78 Å². The molecular weight excluding hydrogens is 256 g/mol. The first-order chi connectivity index (χ1) is 9.52. The maximum Gasteiger partial charge on any atom is 0.328 e. The summed E-state index contributed by atoms with van der Waals surface area (Å²) in [5.74, 6) is -0.360. The van der Waals surface area contributed by atoms with Crippen molar-refractivity contribution in [3.05, 3.63) is 68.0 Å². The van der Waals surface area contributed by atoms with Gasteiger partial charge in [0.05, 0.1) is 12.1 Å². The molecule has 5 nitrogen and oxygen atoms in total. The fourth-order valence-electron chi connectivity index (χ4n) is 1.97. The first kappa shape index (κ1) is 14.0. The van der Waals surface area contributed by atoms with Crippen LogP contribution in [0.5, 0.6) is 0 Å². The van der Waals surface area contributed by atoms with Crippen LogP contribution in [-0.2, 0) is 13.0 Å². The highest BCUT2D eigenvalue weighted by molar-refractivity contribution is 5.93. The summed E-state index contributed by atoms with van der Waals surface area (Å²) in [5, 5.41) is 0. The summed E-state index contributed by atoms with van der Waals surface area (Å²) in [6.45, 7) is 3.51. The van der Waals surface area contributed by atoms with Crippen LogP contribution in [0, 0.1) is 0 Å². The van der Waals surface area contributed by atoms with Crippen molar-refractivity contribution < 1.29 is 4.79 Å². The molecule has 0 unspecified atom stereocenters. The van der Waals surface area contributed by atoms with E-state index in [-0.39, 0.29) is 17.9 Å². The summed E-state index contributed by atoms with van der Waals surface area (Å²) >= 11 is 0. The lowest BCUT2D eigenvalue weighted by molar-refractivity contribution is 0.101. The third kappa shape index (κ3) is 2.77. The van der Waals surface area contributed by atoms with Crippen molar-refractivity contribution in [2.24, 2.45) is 0 Å². The number of aromatic amines is 1. The van der Waals surface area contributed by atoms with Gasteiger partial charge in [-0.2, -0.15) is 0 Å². The Balaban J connectivity index is 2.42. The Hall–Kier alpha value is -2.43. The second-order valence-corrected chi connectivity index (χ2v) is 4.63. The van der Waals surface area contributed by atoms with Crippen LogP contribution in [0.1, 0.15) is 35.3 Å². The number of nitrogens with one attached hydrogen (secondary N) is 1. The Morgan fingerprint density at radius 1 is 1.15 bits per heavy atom.